The summed E-state index contributed by atoms with van der Waals surface area (Å²) >= 11 is 0. The molecule has 2 aromatic carbocycles. The summed E-state index contributed by atoms with van der Waals surface area (Å²) in [5, 5.41) is 0. The number of rotatable bonds is 5. The van der Waals surface area contributed by atoms with Gasteiger partial charge >= 0.3 is 5.97 Å². The molecule has 2 heterocycles. The quantitative estimate of drug-likeness (QED) is 0.515. The molecule has 0 aliphatic carbocycles. The van der Waals surface area contributed by atoms with Gasteiger partial charge in [0.1, 0.15) is 24.3 Å². The third kappa shape index (κ3) is 3.67. The number of aromatic nitrogens is 1. The van der Waals surface area contributed by atoms with Crippen molar-refractivity contribution in [3.05, 3.63) is 77.7 Å². The normalized spacial score (nSPS) is 12.8. The van der Waals surface area contributed by atoms with Gasteiger partial charge in [0.2, 0.25) is 5.89 Å². The van der Waals surface area contributed by atoms with Crippen molar-refractivity contribution in [1.29, 1.82) is 0 Å². The van der Waals surface area contributed by atoms with E-state index in [1.54, 1.807) is 6.08 Å². The zero-order valence-electron chi connectivity index (χ0n) is 14.1. The number of oxazole rings is 1. The molecule has 1 aliphatic rings. The smallest absolute Gasteiger partial charge is 0.331 e. The Hall–Kier alpha value is -3.34. The molecule has 0 saturated heterocycles. The largest absolute Gasteiger partial charge is 0.493 e. The van der Waals surface area contributed by atoms with E-state index >= 15 is 0 Å². The number of fused-ring (bicyclic) bond motifs is 1. The average Bonchev–Trinajstić information content (AvgIpc) is 3.34. The molecule has 0 radical (unpaired) electrons. The van der Waals surface area contributed by atoms with Crippen molar-refractivity contribution >= 4 is 12.0 Å². The summed E-state index contributed by atoms with van der Waals surface area (Å²) in [5.74, 6) is 1.00. The van der Waals surface area contributed by atoms with Gasteiger partial charge in [-0.2, -0.15) is 0 Å². The molecule has 1 aliphatic heterocycles. The molecule has 0 amide bonds. The second kappa shape index (κ2) is 7.27. The summed E-state index contributed by atoms with van der Waals surface area (Å²) in [5.41, 5.74) is 3.56. The summed E-state index contributed by atoms with van der Waals surface area (Å²) in [6.07, 6.45) is 5.55. The monoisotopic (exact) mass is 347 g/mol. The van der Waals surface area contributed by atoms with E-state index in [1.165, 1.54) is 12.3 Å². The molecule has 4 rings (SSSR count). The van der Waals surface area contributed by atoms with Gasteiger partial charge in [-0.1, -0.05) is 24.3 Å². The van der Waals surface area contributed by atoms with Crippen molar-refractivity contribution in [1.82, 2.24) is 4.98 Å². The number of carbonyl (C=O) groups excluding carboxylic acids is 1. The Kier molecular flexibility index (Phi) is 4.51. The maximum atomic E-state index is 11.9. The van der Waals surface area contributed by atoms with Crippen LogP contribution in [0.2, 0.25) is 0 Å². The van der Waals surface area contributed by atoms with Crippen LogP contribution in [0.15, 0.2) is 65.3 Å². The van der Waals surface area contributed by atoms with E-state index in [0.717, 1.165) is 28.9 Å². The van der Waals surface area contributed by atoms with Crippen LogP contribution in [0.5, 0.6) is 5.75 Å². The molecule has 0 spiro atoms. The molecule has 130 valence electrons. The SMILES string of the molecule is O=C(/C=C\c1ccc2c(c1)CCO2)OCc1coc(-c2ccccc2)n1. The fourth-order valence-electron chi connectivity index (χ4n) is 2.75. The predicted molar refractivity (Wildman–Crippen MR) is 96.4 cm³/mol. The number of esters is 1. The summed E-state index contributed by atoms with van der Waals surface area (Å²) in [6.45, 7) is 0.782. The van der Waals surface area contributed by atoms with Gasteiger partial charge in [0.25, 0.3) is 0 Å². The molecule has 26 heavy (non-hydrogen) atoms. The van der Waals surface area contributed by atoms with Crippen molar-refractivity contribution < 1.29 is 18.7 Å². The number of ether oxygens (including phenoxy) is 2. The zero-order valence-corrected chi connectivity index (χ0v) is 14.1. The minimum Gasteiger partial charge on any atom is -0.493 e. The van der Waals surface area contributed by atoms with Gasteiger partial charge in [-0.25, -0.2) is 9.78 Å². The molecule has 0 saturated carbocycles. The minimum absolute atomic E-state index is 0.0670. The first kappa shape index (κ1) is 16.1. The van der Waals surface area contributed by atoms with E-state index in [4.69, 9.17) is 13.9 Å². The molecule has 5 heteroatoms. The van der Waals surface area contributed by atoms with Gasteiger partial charge in [0.15, 0.2) is 0 Å². The van der Waals surface area contributed by atoms with Crippen LogP contribution in [0.3, 0.4) is 0 Å². The maximum Gasteiger partial charge on any atom is 0.331 e. The molecule has 3 aromatic rings. The third-order valence-corrected chi connectivity index (χ3v) is 4.06. The lowest BCUT2D eigenvalue weighted by atomic mass is 10.1. The van der Waals surface area contributed by atoms with Crippen LogP contribution in [0.25, 0.3) is 17.5 Å². The summed E-state index contributed by atoms with van der Waals surface area (Å²) in [6, 6.07) is 15.4. The van der Waals surface area contributed by atoms with E-state index in [1.807, 2.05) is 48.5 Å². The van der Waals surface area contributed by atoms with Crippen LogP contribution >= 0.6 is 0 Å². The van der Waals surface area contributed by atoms with E-state index in [2.05, 4.69) is 4.98 Å². The van der Waals surface area contributed by atoms with Crippen LogP contribution in [0.4, 0.5) is 0 Å². The fourth-order valence-corrected chi connectivity index (χ4v) is 2.75. The first-order valence-corrected chi connectivity index (χ1v) is 8.38. The molecule has 0 fully saturated rings. The van der Waals surface area contributed by atoms with Gasteiger partial charge in [0, 0.05) is 18.1 Å². The highest BCUT2D eigenvalue weighted by molar-refractivity contribution is 5.87. The van der Waals surface area contributed by atoms with Gasteiger partial charge in [-0.3, -0.25) is 0 Å². The first-order chi connectivity index (χ1) is 12.8. The Morgan fingerprint density at radius 3 is 2.96 bits per heavy atom. The number of nitrogens with zero attached hydrogens (tertiary/aromatic N) is 1. The van der Waals surface area contributed by atoms with Crippen molar-refractivity contribution in [3.8, 4) is 17.2 Å². The number of benzene rings is 2. The highest BCUT2D eigenvalue weighted by atomic mass is 16.5. The lowest BCUT2D eigenvalue weighted by Crippen LogP contribution is -2.01. The van der Waals surface area contributed by atoms with E-state index < -0.39 is 5.97 Å². The van der Waals surface area contributed by atoms with Gasteiger partial charge in [0.05, 0.1) is 6.61 Å². The molecular formula is C21H17NO4. The third-order valence-electron chi connectivity index (χ3n) is 4.06. The number of hydrogen-bond donors (Lipinski definition) is 0. The fraction of sp³-hybridized carbons (Fsp3) is 0.143. The molecule has 1 aromatic heterocycles. The molecule has 0 bridgehead atoms. The van der Waals surface area contributed by atoms with Crippen molar-refractivity contribution in [2.45, 2.75) is 13.0 Å². The Bertz CT molecular complexity index is 944. The van der Waals surface area contributed by atoms with Gasteiger partial charge in [-0.05, 0) is 41.5 Å². The van der Waals surface area contributed by atoms with Crippen molar-refractivity contribution in [2.24, 2.45) is 0 Å². The lowest BCUT2D eigenvalue weighted by Gasteiger charge is -2.00. The molecule has 5 nitrogen and oxygen atoms in total. The molecule has 0 atom stereocenters. The van der Waals surface area contributed by atoms with Crippen molar-refractivity contribution in [3.63, 3.8) is 0 Å². The van der Waals surface area contributed by atoms with Gasteiger partial charge in [-0.15, -0.1) is 0 Å². The molecule has 0 N–H and O–H groups in total. The molecule has 0 unspecified atom stereocenters. The summed E-state index contributed by atoms with van der Waals surface area (Å²) < 4.78 is 16.1. The van der Waals surface area contributed by atoms with E-state index in [9.17, 15) is 4.79 Å². The van der Waals surface area contributed by atoms with Gasteiger partial charge < -0.3 is 13.9 Å². The summed E-state index contributed by atoms with van der Waals surface area (Å²) in [4.78, 5) is 16.2. The average molecular weight is 347 g/mol. The summed E-state index contributed by atoms with van der Waals surface area (Å²) in [7, 11) is 0. The van der Waals surface area contributed by atoms with E-state index in [-0.39, 0.29) is 6.61 Å². The second-order valence-electron chi connectivity index (χ2n) is 5.92. The maximum absolute atomic E-state index is 11.9. The highest BCUT2D eigenvalue weighted by Gasteiger charge is 2.11. The first-order valence-electron chi connectivity index (χ1n) is 8.38. The van der Waals surface area contributed by atoms with E-state index in [0.29, 0.717) is 18.2 Å². The topological polar surface area (TPSA) is 61.6 Å². The Morgan fingerprint density at radius 1 is 1.19 bits per heavy atom. The molecular weight excluding hydrogens is 330 g/mol. The predicted octanol–water partition coefficient (Wildman–Crippen LogP) is 4.03. The second-order valence-corrected chi connectivity index (χ2v) is 5.92. The zero-order chi connectivity index (χ0) is 17.8. The van der Waals surface area contributed by atoms with Crippen LogP contribution in [-0.4, -0.2) is 17.6 Å². The Morgan fingerprint density at radius 2 is 2.08 bits per heavy atom. The number of hydrogen-bond acceptors (Lipinski definition) is 5. The van der Waals surface area contributed by atoms with Crippen LogP contribution in [0.1, 0.15) is 16.8 Å². The van der Waals surface area contributed by atoms with Crippen molar-refractivity contribution in [2.75, 3.05) is 6.61 Å². The van der Waals surface area contributed by atoms with Crippen LogP contribution in [-0.2, 0) is 22.6 Å². The van der Waals surface area contributed by atoms with Crippen LogP contribution in [0, 0.1) is 0 Å². The highest BCUT2D eigenvalue weighted by Crippen LogP contribution is 2.26. The Balaban J connectivity index is 1.33. The standard InChI is InChI=1S/C21H17NO4/c23-20(9-7-15-6-8-19-17(12-15)10-11-24-19)25-13-18-14-26-21(22-18)16-4-2-1-3-5-16/h1-9,12,14H,10-11,13H2/b9-7-. The van der Waals surface area contributed by atoms with Crippen LogP contribution < -0.4 is 4.74 Å². The number of carbonyl (C=O) groups is 1. The lowest BCUT2D eigenvalue weighted by molar-refractivity contribution is -0.139. The Labute approximate surface area is 150 Å². The minimum atomic E-state index is -0.425.